The lowest BCUT2D eigenvalue weighted by atomic mass is 10.1. The van der Waals surface area contributed by atoms with Gasteiger partial charge in [0.05, 0.1) is 0 Å². The van der Waals surface area contributed by atoms with Crippen LogP contribution in [0.5, 0.6) is 0 Å². The van der Waals surface area contributed by atoms with E-state index in [0.29, 0.717) is 19.3 Å². The lowest BCUT2D eigenvalue weighted by molar-refractivity contribution is -0.167. The normalized spacial score (nSPS) is 13.0. The van der Waals surface area contributed by atoms with Crippen molar-refractivity contribution in [2.45, 2.75) is 322 Å². The zero-order chi connectivity index (χ0) is 59.9. The minimum atomic E-state index is -0.797. The smallest absolute Gasteiger partial charge is 0.306 e. The molecule has 0 bridgehead atoms. The number of allylic oxidation sites excluding steroid dienone is 22. The van der Waals surface area contributed by atoms with Crippen LogP contribution in [0.2, 0.25) is 0 Å². The molecule has 0 rings (SSSR count). The summed E-state index contributed by atoms with van der Waals surface area (Å²) in [6, 6.07) is 0. The van der Waals surface area contributed by atoms with Crippen molar-refractivity contribution in [1.29, 1.82) is 0 Å². The molecule has 1 atom stereocenters. The topological polar surface area (TPSA) is 78.9 Å². The van der Waals surface area contributed by atoms with Gasteiger partial charge in [0.2, 0.25) is 0 Å². The van der Waals surface area contributed by atoms with Gasteiger partial charge in [-0.1, -0.05) is 289 Å². The monoisotopic (exact) mass is 1150 g/mol. The van der Waals surface area contributed by atoms with E-state index in [2.05, 4.69) is 154 Å². The molecule has 0 aliphatic heterocycles. The molecule has 0 fully saturated rings. The van der Waals surface area contributed by atoms with Crippen LogP contribution in [-0.4, -0.2) is 37.2 Å². The van der Waals surface area contributed by atoms with Gasteiger partial charge < -0.3 is 14.2 Å². The van der Waals surface area contributed by atoms with E-state index in [9.17, 15) is 14.4 Å². The highest BCUT2D eigenvalue weighted by Gasteiger charge is 2.19. The average Bonchev–Trinajstić information content (AvgIpc) is 3.49. The van der Waals surface area contributed by atoms with Crippen molar-refractivity contribution in [3.05, 3.63) is 134 Å². The molecule has 1 unspecified atom stereocenters. The van der Waals surface area contributed by atoms with Crippen LogP contribution in [0.4, 0.5) is 0 Å². The Hall–Kier alpha value is -4.45. The molecule has 0 aliphatic rings. The summed E-state index contributed by atoms with van der Waals surface area (Å²) in [6.07, 6.45) is 98.9. The minimum Gasteiger partial charge on any atom is -0.462 e. The van der Waals surface area contributed by atoms with E-state index in [-0.39, 0.29) is 31.1 Å². The second kappa shape index (κ2) is 70.0. The molecule has 0 heterocycles. The van der Waals surface area contributed by atoms with Gasteiger partial charge in [-0.05, 0) is 141 Å². The number of unbranched alkanes of at least 4 members (excludes halogenated alkanes) is 29. The Labute approximate surface area is 513 Å². The molecule has 0 radical (unpaired) electrons. The van der Waals surface area contributed by atoms with Crippen LogP contribution in [0.15, 0.2) is 134 Å². The van der Waals surface area contributed by atoms with E-state index in [1.165, 1.54) is 135 Å². The first-order valence-electron chi connectivity index (χ1n) is 34.7. The number of esters is 3. The highest BCUT2D eigenvalue weighted by atomic mass is 16.6. The van der Waals surface area contributed by atoms with Crippen LogP contribution >= 0.6 is 0 Å². The molecule has 6 nitrogen and oxygen atoms in total. The zero-order valence-electron chi connectivity index (χ0n) is 54.2. The highest BCUT2D eigenvalue weighted by molar-refractivity contribution is 5.71. The molecule has 83 heavy (non-hydrogen) atoms. The fraction of sp³-hybridized carbons (Fsp3) is 0.675. The molecule has 6 heteroatoms. The molecule has 0 aromatic heterocycles. The Morgan fingerprint density at radius 2 is 0.470 bits per heavy atom. The Kier molecular flexibility index (Phi) is 66.3. The molecule has 0 saturated carbocycles. The van der Waals surface area contributed by atoms with Crippen LogP contribution < -0.4 is 0 Å². The van der Waals surface area contributed by atoms with Crippen LogP contribution in [0.3, 0.4) is 0 Å². The van der Waals surface area contributed by atoms with E-state index in [4.69, 9.17) is 14.2 Å². The minimum absolute atomic E-state index is 0.0913. The van der Waals surface area contributed by atoms with Crippen LogP contribution in [0.25, 0.3) is 0 Å². The van der Waals surface area contributed by atoms with Gasteiger partial charge >= 0.3 is 17.9 Å². The second-order valence-corrected chi connectivity index (χ2v) is 22.7. The summed E-state index contributed by atoms with van der Waals surface area (Å²) in [6.45, 7) is 6.49. The predicted molar refractivity (Wildman–Crippen MR) is 362 cm³/mol. The summed E-state index contributed by atoms with van der Waals surface area (Å²) in [5.74, 6) is -0.911. The summed E-state index contributed by atoms with van der Waals surface area (Å²) in [7, 11) is 0. The Bertz CT molecular complexity index is 1750. The van der Waals surface area contributed by atoms with Crippen molar-refractivity contribution in [3.63, 3.8) is 0 Å². The van der Waals surface area contributed by atoms with Gasteiger partial charge in [-0.15, -0.1) is 0 Å². The standard InChI is InChI=1S/C77H128O6/c1-4-7-10-13-16-19-22-25-28-30-32-33-34-35-36-37-38-39-40-41-42-43-45-46-49-52-55-58-61-64-67-70-76(79)82-73-74(72-81-75(78)69-66-63-60-57-54-51-48-27-24-21-18-15-12-9-6-3)83-77(80)71-68-65-62-59-56-53-50-47-44-31-29-26-23-20-17-14-11-8-5-2/h7,10,16-17,19-20,25-29,32-33,35-36,38-39,41-42,44,47-48,74H,4-6,8-9,11-15,18,21-24,30-31,34,37,40,43,45-46,49-73H2,1-3H3/b10-7-,19-16-,20-17-,28-25-,29-26-,33-32-,36-35-,39-38-,42-41-,47-44-,48-27-. The third-order valence-corrected chi connectivity index (χ3v) is 14.6. The Morgan fingerprint density at radius 1 is 0.253 bits per heavy atom. The van der Waals surface area contributed by atoms with E-state index in [1.807, 2.05) is 0 Å². The molecule has 0 aliphatic carbocycles. The summed E-state index contributed by atoms with van der Waals surface area (Å²) in [5, 5.41) is 0. The number of hydrogen-bond acceptors (Lipinski definition) is 6. The summed E-state index contributed by atoms with van der Waals surface area (Å²) in [4.78, 5) is 38.4. The van der Waals surface area contributed by atoms with Crippen molar-refractivity contribution >= 4 is 17.9 Å². The highest BCUT2D eigenvalue weighted by Crippen LogP contribution is 2.15. The summed E-state index contributed by atoms with van der Waals surface area (Å²) in [5.41, 5.74) is 0. The maximum absolute atomic E-state index is 12.9. The van der Waals surface area contributed by atoms with Crippen LogP contribution in [-0.2, 0) is 28.6 Å². The van der Waals surface area contributed by atoms with Crippen molar-refractivity contribution in [2.24, 2.45) is 0 Å². The van der Waals surface area contributed by atoms with E-state index >= 15 is 0 Å². The summed E-state index contributed by atoms with van der Waals surface area (Å²) >= 11 is 0. The third-order valence-electron chi connectivity index (χ3n) is 14.6. The van der Waals surface area contributed by atoms with E-state index < -0.39 is 6.10 Å². The van der Waals surface area contributed by atoms with Gasteiger partial charge in [-0.3, -0.25) is 14.4 Å². The van der Waals surface area contributed by atoms with E-state index in [1.54, 1.807) is 0 Å². The molecular formula is C77H128O6. The lowest BCUT2D eigenvalue weighted by Crippen LogP contribution is -2.30. The van der Waals surface area contributed by atoms with Gasteiger partial charge in [0, 0.05) is 19.3 Å². The molecule has 0 saturated heterocycles. The molecule has 0 N–H and O–H groups in total. The second-order valence-electron chi connectivity index (χ2n) is 22.7. The maximum Gasteiger partial charge on any atom is 0.306 e. The average molecular weight is 1150 g/mol. The molecule has 472 valence electrons. The molecule has 0 aromatic rings. The fourth-order valence-corrected chi connectivity index (χ4v) is 9.43. The third kappa shape index (κ3) is 68.2. The maximum atomic E-state index is 12.9. The quantitative estimate of drug-likeness (QED) is 0.0261. The number of ether oxygens (including phenoxy) is 3. The van der Waals surface area contributed by atoms with Gasteiger partial charge in [-0.25, -0.2) is 0 Å². The number of rotatable bonds is 62. The van der Waals surface area contributed by atoms with Gasteiger partial charge in [0.25, 0.3) is 0 Å². The summed E-state index contributed by atoms with van der Waals surface area (Å²) < 4.78 is 17.0. The predicted octanol–water partition coefficient (Wildman–Crippen LogP) is 24.1. The molecular weight excluding hydrogens is 1020 g/mol. The largest absolute Gasteiger partial charge is 0.462 e. The van der Waals surface area contributed by atoms with Crippen molar-refractivity contribution in [3.8, 4) is 0 Å². The number of carbonyl (C=O) groups is 3. The molecule has 0 amide bonds. The lowest BCUT2D eigenvalue weighted by Gasteiger charge is -2.18. The van der Waals surface area contributed by atoms with Gasteiger partial charge in [-0.2, -0.15) is 0 Å². The van der Waals surface area contributed by atoms with Gasteiger partial charge in [0.15, 0.2) is 6.10 Å². The SMILES string of the molecule is CC/C=C\C/C=C\C/C=C\C/C=C\C/C=C\C/C=C\C/C=C\CCCCCCCCCCCC(=O)OCC(COC(=O)CCCCCCC/C=C\CCCCCCCC)OC(=O)CCCCCCCC/C=C\C/C=C\C/C=C\CCCCC. The number of hydrogen-bond donors (Lipinski definition) is 0. The van der Waals surface area contributed by atoms with Crippen molar-refractivity contribution in [2.75, 3.05) is 13.2 Å². The molecule has 0 spiro atoms. The fourth-order valence-electron chi connectivity index (χ4n) is 9.43. The molecule has 0 aromatic carbocycles. The Morgan fingerprint density at radius 3 is 0.771 bits per heavy atom. The first kappa shape index (κ1) is 78.5. The Balaban J connectivity index is 4.36. The first-order chi connectivity index (χ1) is 41.0. The van der Waals surface area contributed by atoms with Crippen molar-refractivity contribution in [1.82, 2.24) is 0 Å². The van der Waals surface area contributed by atoms with Crippen LogP contribution in [0, 0.1) is 0 Å². The number of carbonyl (C=O) groups excluding carboxylic acids is 3. The van der Waals surface area contributed by atoms with Gasteiger partial charge in [0.1, 0.15) is 13.2 Å². The zero-order valence-corrected chi connectivity index (χ0v) is 54.2. The first-order valence-corrected chi connectivity index (χ1v) is 34.7. The van der Waals surface area contributed by atoms with Crippen molar-refractivity contribution < 1.29 is 28.6 Å². The van der Waals surface area contributed by atoms with E-state index in [0.717, 1.165) is 141 Å². The van der Waals surface area contributed by atoms with Crippen LogP contribution in [0.1, 0.15) is 316 Å².